The summed E-state index contributed by atoms with van der Waals surface area (Å²) in [6, 6.07) is 4.12. The van der Waals surface area contributed by atoms with E-state index in [1.54, 1.807) is 46.2 Å². The fraction of sp³-hybridized carbons (Fsp3) is 0.444. The molecule has 6 rings (SSSR count). The van der Waals surface area contributed by atoms with Crippen molar-refractivity contribution in [1.29, 1.82) is 0 Å². The SMILES string of the molecule is Nc1cn(C2CCC(F)(F)CC2)nc1N(C(=O)Nc1cnn(C2CCC(F)(F)CC2)c1)c1c[nH]c2ccc(Cl)cc12. The van der Waals surface area contributed by atoms with Gasteiger partial charge in [0.1, 0.15) is 0 Å². The number of nitrogens with one attached hydrogen (secondary N) is 2. The molecule has 2 amide bonds. The van der Waals surface area contributed by atoms with Crippen LogP contribution in [0.3, 0.4) is 0 Å². The van der Waals surface area contributed by atoms with Crippen molar-refractivity contribution < 1.29 is 22.4 Å². The topological polar surface area (TPSA) is 110 Å². The second-order valence-electron chi connectivity index (χ2n) is 10.9. The Hall–Kier alpha value is -3.74. The number of hydrogen-bond donors (Lipinski definition) is 3. The molecule has 2 fully saturated rings. The largest absolute Gasteiger partial charge is 0.394 e. The Labute approximate surface area is 237 Å². The van der Waals surface area contributed by atoms with Gasteiger partial charge in [-0.1, -0.05) is 11.6 Å². The van der Waals surface area contributed by atoms with Crippen LogP contribution >= 0.6 is 11.6 Å². The first kappa shape index (κ1) is 27.4. The van der Waals surface area contributed by atoms with Crippen LogP contribution in [-0.2, 0) is 0 Å². The summed E-state index contributed by atoms with van der Waals surface area (Å²) >= 11 is 6.27. The van der Waals surface area contributed by atoms with Crippen LogP contribution < -0.4 is 16.0 Å². The Balaban J connectivity index is 1.31. The number of urea groups is 1. The third-order valence-electron chi connectivity index (χ3n) is 7.99. The van der Waals surface area contributed by atoms with Crippen molar-refractivity contribution in [3.63, 3.8) is 0 Å². The number of nitrogens with zero attached hydrogens (tertiary/aromatic N) is 5. The van der Waals surface area contributed by atoms with E-state index in [9.17, 15) is 22.4 Å². The monoisotopic (exact) mass is 592 g/mol. The number of aromatic amines is 1. The summed E-state index contributed by atoms with van der Waals surface area (Å²) in [5.74, 6) is -5.23. The number of nitrogens with two attached hydrogens (primary N) is 1. The molecule has 2 aliphatic rings. The maximum Gasteiger partial charge on any atom is 0.332 e. The van der Waals surface area contributed by atoms with Crippen molar-refractivity contribution in [3.05, 3.63) is 48.0 Å². The number of rotatable bonds is 5. The zero-order chi connectivity index (χ0) is 28.9. The Morgan fingerprint density at radius 1 is 1.02 bits per heavy atom. The number of nitrogen functional groups attached to an aromatic ring is 1. The van der Waals surface area contributed by atoms with Crippen molar-refractivity contribution in [2.45, 2.75) is 75.3 Å². The summed E-state index contributed by atoms with van der Waals surface area (Å²) in [6.45, 7) is 0. The molecule has 218 valence electrons. The van der Waals surface area contributed by atoms with E-state index in [1.807, 2.05) is 0 Å². The number of anilines is 4. The summed E-state index contributed by atoms with van der Waals surface area (Å²) in [5.41, 5.74) is 8.07. The summed E-state index contributed by atoms with van der Waals surface area (Å²) in [4.78, 5) is 18.3. The van der Waals surface area contributed by atoms with E-state index in [-0.39, 0.29) is 75.0 Å². The number of alkyl halides is 4. The van der Waals surface area contributed by atoms with Crippen molar-refractivity contribution in [2.24, 2.45) is 0 Å². The number of carbonyl (C=O) groups is 1. The van der Waals surface area contributed by atoms with Gasteiger partial charge < -0.3 is 16.0 Å². The van der Waals surface area contributed by atoms with Crippen LogP contribution in [-0.4, -0.2) is 42.4 Å². The Morgan fingerprint density at radius 2 is 1.66 bits per heavy atom. The van der Waals surface area contributed by atoms with Crippen LogP contribution in [0.1, 0.15) is 63.5 Å². The van der Waals surface area contributed by atoms with Crippen LogP contribution in [0.2, 0.25) is 5.02 Å². The number of fused-ring (bicyclic) bond motifs is 1. The minimum Gasteiger partial charge on any atom is -0.394 e. The molecule has 0 unspecified atom stereocenters. The molecule has 9 nitrogen and oxygen atoms in total. The highest BCUT2D eigenvalue weighted by Gasteiger charge is 2.37. The predicted octanol–water partition coefficient (Wildman–Crippen LogP) is 7.67. The lowest BCUT2D eigenvalue weighted by Crippen LogP contribution is -2.32. The van der Waals surface area contributed by atoms with Crippen molar-refractivity contribution in [1.82, 2.24) is 24.5 Å². The quantitative estimate of drug-likeness (QED) is 0.207. The average Bonchev–Trinajstić information content (AvgIpc) is 3.64. The Bertz CT molecular complexity index is 1560. The van der Waals surface area contributed by atoms with E-state index in [0.717, 1.165) is 5.52 Å². The van der Waals surface area contributed by atoms with Crippen LogP contribution in [0.5, 0.6) is 0 Å². The zero-order valence-corrected chi connectivity index (χ0v) is 22.7. The standard InChI is InChI=1S/C27H29ClF4N8O/c28-16-1-2-22-20(11-16)23(13-34-22)40(24-21(33)15-39(37-24)19-5-9-27(31,32)10-6-19)25(41)36-17-12-35-38(14-17)18-3-7-26(29,30)8-4-18/h1-2,11-15,18-19,34H,3-10,33H2,(H,36,41). The molecule has 3 aromatic heterocycles. The normalized spacial score (nSPS) is 19.4. The summed E-state index contributed by atoms with van der Waals surface area (Å²) < 4.78 is 57.9. The zero-order valence-electron chi connectivity index (χ0n) is 22.0. The Morgan fingerprint density at radius 3 is 2.32 bits per heavy atom. The molecule has 0 bridgehead atoms. The number of aromatic nitrogens is 5. The van der Waals surface area contributed by atoms with Crippen LogP contribution in [0.15, 0.2) is 43.0 Å². The van der Waals surface area contributed by atoms with E-state index in [0.29, 0.717) is 21.8 Å². The van der Waals surface area contributed by atoms with Gasteiger partial charge >= 0.3 is 6.03 Å². The molecule has 2 aliphatic carbocycles. The summed E-state index contributed by atoms with van der Waals surface area (Å²) in [5, 5.41) is 12.8. The van der Waals surface area contributed by atoms with Crippen LogP contribution in [0, 0.1) is 0 Å². The van der Waals surface area contributed by atoms with Crippen LogP contribution in [0.25, 0.3) is 10.9 Å². The van der Waals surface area contributed by atoms with E-state index in [2.05, 4.69) is 20.5 Å². The van der Waals surface area contributed by atoms with Gasteiger partial charge in [0.2, 0.25) is 11.8 Å². The molecule has 0 radical (unpaired) electrons. The Kier molecular flexibility index (Phi) is 6.87. The van der Waals surface area contributed by atoms with Gasteiger partial charge in [0.05, 0.1) is 41.5 Å². The summed E-state index contributed by atoms with van der Waals surface area (Å²) in [6.07, 6.45) is 6.36. The second kappa shape index (κ2) is 10.3. The fourth-order valence-corrected chi connectivity index (χ4v) is 5.87. The molecule has 14 heteroatoms. The van der Waals surface area contributed by atoms with Gasteiger partial charge in [-0.2, -0.15) is 10.2 Å². The first-order valence-electron chi connectivity index (χ1n) is 13.5. The lowest BCUT2D eigenvalue weighted by Gasteiger charge is -2.28. The maximum absolute atomic E-state index is 13.9. The fourth-order valence-electron chi connectivity index (χ4n) is 5.70. The minimum absolute atomic E-state index is 0.127. The summed E-state index contributed by atoms with van der Waals surface area (Å²) in [7, 11) is 0. The van der Waals surface area contributed by atoms with E-state index >= 15 is 0 Å². The molecular weight excluding hydrogens is 564 g/mol. The highest BCUT2D eigenvalue weighted by molar-refractivity contribution is 6.31. The third kappa shape index (κ3) is 5.59. The minimum atomic E-state index is -2.70. The van der Waals surface area contributed by atoms with Crippen molar-refractivity contribution >= 4 is 51.4 Å². The van der Waals surface area contributed by atoms with Gasteiger partial charge in [0.15, 0.2) is 5.82 Å². The highest BCUT2D eigenvalue weighted by atomic mass is 35.5. The maximum atomic E-state index is 13.9. The first-order chi connectivity index (χ1) is 19.5. The van der Waals surface area contributed by atoms with Gasteiger partial charge in [0.25, 0.3) is 0 Å². The molecule has 4 N–H and O–H groups in total. The second-order valence-corrected chi connectivity index (χ2v) is 11.3. The van der Waals surface area contributed by atoms with E-state index in [1.165, 1.54) is 11.1 Å². The smallest absolute Gasteiger partial charge is 0.332 e. The molecule has 0 saturated heterocycles. The average molecular weight is 593 g/mol. The molecule has 0 spiro atoms. The van der Waals surface area contributed by atoms with Gasteiger partial charge in [-0.25, -0.2) is 27.3 Å². The molecule has 0 atom stereocenters. The van der Waals surface area contributed by atoms with Gasteiger partial charge in [-0.15, -0.1) is 0 Å². The number of carbonyl (C=O) groups excluding carboxylic acids is 1. The van der Waals surface area contributed by atoms with Crippen molar-refractivity contribution in [2.75, 3.05) is 16.0 Å². The third-order valence-corrected chi connectivity index (χ3v) is 8.23. The van der Waals surface area contributed by atoms with Gasteiger partial charge in [-0.3, -0.25) is 9.36 Å². The number of halogens is 5. The van der Waals surface area contributed by atoms with Gasteiger partial charge in [0, 0.05) is 54.0 Å². The lowest BCUT2D eigenvalue weighted by molar-refractivity contribution is -0.0455. The van der Waals surface area contributed by atoms with Crippen LogP contribution in [0.4, 0.5) is 45.2 Å². The molecule has 0 aliphatic heterocycles. The van der Waals surface area contributed by atoms with E-state index < -0.39 is 17.9 Å². The lowest BCUT2D eigenvalue weighted by atomic mass is 9.92. The number of H-pyrrole nitrogens is 1. The molecule has 4 aromatic rings. The molecule has 2 saturated carbocycles. The molecular formula is C27H29ClF4N8O. The number of hydrogen-bond acceptors (Lipinski definition) is 4. The first-order valence-corrected chi connectivity index (χ1v) is 13.9. The molecule has 3 heterocycles. The van der Waals surface area contributed by atoms with E-state index in [4.69, 9.17) is 17.3 Å². The molecule has 1 aromatic carbocycles. The van der Waals surface area contributed by atoms with Gasteiger partial charge in [-0.05, 0) is 43.9 Å². The van der Waals surface area contributed by atoms with Crippen molar-refractivity contribution in [3.8, 4) is 0 Å². The highest BCUT2D eigenvalue weighted by Crippen LogP contribution is 2.42. The number of benzene rings is 1. The predicted molar refractivity (Wildman–Crippen MR) is 148 cm³/mol. The number of amides is 2. The molecule has 41 heavy (non-hydrogen) atoms.